The zero-order valence-corrected chi connectivity index (χ0v) is 9.80. The Morgan fingerprint density at radius 1 is 1.31 bits per heavy atom. The van der Waals surface area contributed by atoms with Crippen molar-refractivity contribution in [2.45, 2.75) is 13.8 Å². The van der Waals surface area contributed by atoms with Crippen molar-refractivity contribution in [2.24, 2.45) is 0 Å². The monoisotopic (exact) mass is 234 g/mol. The summed E-state index contributed by atoms with van der Waals surface area (Å²) >= 11 is 6.04. The van der Waals surface area contributed by atoms with Gasteiger partial charge in [0.15, 0.2) is 0 Å². The lowest BCUT2D eigenvalue weighted by Crippen LogP contribution is -2.11. The fraction of sp³-hybridized carbons (Fsp3) is 0.167. The number of aromatic nitrogens is 2. The molecule has 0 aliphatic rings. The summed E-state index contributed by atoms with van der Waals surface area (Å²) in [7, 11) is 0. The minimum absolute atomic E-state index is 0.123. The Labute approximate surface area is 98.1 Å². The number of aryl methyl sites for hydroxylation is 1. The fourth-order valence-electron chi connectivity index (χ4n) is 1.50. The van der Waals surface area contributed by atoms with Gasteiger partial charge in [0.05, 0.1) is 12.0 Å². The van der Waals surface area contributed by atoms with Crippen LogP contribution in [0.5, 0.6) is 0 Å². The summed E-state index contributed by atoms with van der Waals surface area (Å²) < 4.78 is 0. The number of benzene rings is 1. The van der Waals surface area contributed by atoms with Crippen LogP contribution in [0.1, 0.15) is 11.1 Å². The highest BCUT2D eigenvalue weighted by atomic mass is 35.5. The van der Waals surface area contributed by atoms with E-state index in [4.69, 9.17) is 11.6 Å². The van der Waals surface area contributed by atoms with E-state index in [1.807, 2.05) is 25.1 Å². The number of nitrogens with zero attached hydrogens (tertiary/aromatic N) is 1. The normalized spacial score (nSPS) is 10.4. The van der Waals surface area contributed by atoms with Gasteiger partial charge in [0.1, 0.15) is 0 Å². The molecule has 0 unspecified atom stereocenters. The van der Waals surface area contributed by atoms with Gasteiger partial charge in [-0.05, 0) is 25.5 Å². The number of nitrogens with one attached hydrogen (secondary N) is 1. The molecular formula is C12H11ClN2O. The summed E-state index contributed by atoms with van der Waals surface area (Å²) in [5, 5.41) is 0.680. The second kappa shape index (κ2) is 4.10. The van der Waals surface area contributed by atoms with Crippen LogP contribution in [-0.2, 0) is 0 Å². The van der Waals surface area contributed by atoms with Crippen LogP contribution < -0.4 is 5.56 Å². The Bertz CT molecular complexity index is 590. The molecule has 0 bridgehead atoms. The fourth-order valence-corrected chi connectivity index (χ4v) is 1.68. The number of hydrogen-bond donors (Lipinski definition) is 1. The van der Waals surface area contributed by atoms with Crippen LogP contribution in [0.2, 0.25) is 5.02 Å². The molecule has 82 valence electrons. The molecule has 0 saturated heterocycles. The molecule has 0 saturated carbocycles. The molecule has 1 heterocycles. The number of halogens is 1. The van der Waals surface area contributed by atoms with Crippen molar-refractivity contribution in [3.8, 4) is 11.3 Å². The maximum absolute atomic E-state index is 11.4. The third kappa shape index (κ3) is 1.86. The average molecular weight is 235 g/mol. The van der Waals surface area contributed by atoms with Gasteiger partial charge in [-0.25, -0.2) is 4.98 Å². The van der Waals surface area contributed by atoms with E-state index >= 15 is 0 Å². The smallest absolute Gasteiger partial charge is 0.254 e. The highest BCUT2D eigenvalue weighted by molar-refractivity contribution is 6.31. The van der Waals surface area contributed by atoms with E-state index in [1.54, 1.807) is 6.92 Å². The Morgan fingerprint density at radius 3 is 2.75 bits per heavy atom. The van der Waals surface area contributed by atoms with E-state index in [2.05, 4.69) is 9.97 Å². The van der Waals surface area contributed by atoms with Crippen LogP contribution in [0, 0.1) is 13.8 Å². The van der Waals surface area contributed by atoms with Gasteiger partial charge in [-0.15, -0.1) is 0 Å². The number of H-pyrrole nitrogens is 1. The second-order valence-corrected chi connectivity index (χ2v) is 4.08. The summed E-state index contributed by atoms with van der Waals surface area (Å²) in [5.41, 5.74) is 3.02. The first-order valence-electron chi connectivity index (χ1n) is 4.90. The Balaban J connectivity index is 2.63. The molecule has 1 aromatic carbocycles. The van der Waals surface area contributed by atoms with Crippen molar-refractivity contribution in [2.75, 3.05) is 0 Å². The van der Waals surface area contributed by atoms with Crippen LogP contribution in [0.3, 0.4) is 0 Å². The summed E-state index contributed by atoms with van der Waals surface area (Å²) in [6.07, 6.45) is 1.40. The lowest BCUT2D eigenvalue weighted by Gasteiger charge is -2.05. The summed E-state index contributed by atoms with van der Waals surface area (Å²) in [6.45, 7) is 3.68. The largest absolute Gasteiger partial charge is 0.313 e. The Hall–Kier alpha value is -1.61. The van der Waals surface area contributed by atoms with Crippen molar-refractivity contribution < 1.29 is 0 Å². The van der Waals surface area contributed by atoms with Gasteiger partial charge in [0, 0.05) is 16.1 Å². The summed E-state index contributed by atoms with van der Waals surface area (Å²) in [6, 6.07) is 5.65. The van der Waals surface area contributed by atoms with Gasteiger partial charge in [0.2, 0.25) is 0 Å². The summed E-state index contributed by atoms with van der Waals surface area (Å²) in [4.78, 5) is 18.1. The predicted molar refractivity (Wildman–Crippen MR) is 64.8 cm³/mol. The van der Waals surface area contributed by atoms with Crippen molar-refractivity contribution in [3.63, 3.8) is 0 Å². The molecule has 4 heteroatoms. The number of hydrogen-bond acceptors (Lipinski definition) is 2. The van der Waals surface area contributed by atoms with E-state index < -0.39 is 0 Å². The topological polar surface area (TPSA) is 45.8 Å². The van der Waals surface area contributed by atoms with E-state index in [-0.39, 0.29) is 5.56 Å². The van der Waals surface area contributed by atoms with Gasteiger partial charge in [0.25, 0.3) is 5.56 Å². The molecule has 1 aromatic heterocycles. The SMILES string of the molecule is Cc1ccc(-c2nc[nH]c(=O)c2C)cc1Cl. The highest BCUT2D eigenvalue weighted by Gasteiger charge is 2.07. The highest BCUT2D eigenvalue weighted by Crippen LogP contribution is 2.24. The van der Waals surface area contributed by atoms with E-state index in [0.29, 0.717) is 16.3 Å². The maximum atomic E-state index is 11.4. The zero-order chi connectivity index (χ0) is 11.7. The van der Waals surface area contributed by atoms with Gasteiger partial charge in [-0.3, -0.25) is 4.79 Å². The Kier molecular flexibility index (Phi) is 2.79. The Morgan fingerprint density at radius 2 is 2.06 bits per heavy atom. The third-order valence-corrected chi connectivity index (χ3v) is 2.94. The molecule has 0 radical (unpaired) electrons. The molecule has 0 fully saturated rings. The molecule has 16 heavy (non-hydrogen) atoms. The minimum atomic E-state index is -0.123. The van der Waals surface area contributed by atoms with Gasteiger partial charge < -0.3 is 4.98 Å². The quantitative estimate of drug-likeness (QED) is 0.825. The lowest BCUT2D eigenvalue weighted by atomic mass is 10.1. The van der Waals surface area contributed by atoms with Gasteiger partial charge in [-0.2, -0.15) is 0 Å². The molecule has 0 aliphatic carbocycles. The summed E-state index contributed by atoms with van der Waals surface area (Å²) in [5.74, 6) is 0. The zero-order valence-electron chi connectivity index (χ0n) is 9.04. The molecule has 0 atom stereocenters. The molecule has 2 aromatic rings. The molecule has 3 nitrogen and oxygen atoms in total. The number of rotatable bonds is 1. The van der Waals surface area contributed by atoms with Crippen molar-refractivity contribution >= 4 is 11.6 Å². The number of aromatic amines is 1. The van der Waals surface area contributed by atoms with Crippen LogP contribution in [0.4, 0.5) is 0 Å². The van der Waals surface area contributed by atoms with Crippen molar-refractivity contribution in [3.05, 3.63) is 51.0 Å². The average Bonchev–Trinajstić information content (AvgIpc) is 2.26. The molecule has 0 aliphatic heterocycles. The first-order valence-corrected chi connectivity index (χ1v) is 5.28. The van der Waals surface area contributed by atoms with Crippen LogP contribution in [0.15, 0.2) is 29.3 Å². The van der Waals surface area contributed by atoms with E-state index in [0.717, 1.165) is 11.1 Å². The molecule has 0 spiro atoms. The maximum Gasteiger partial charge on any atom is 0.254 e. The van der Waals surface area contributed by atoms with Crippen LogP contribution >= 0.6 is 11.6 Å². The predicted octanol–water partition coefficient (Wildman–Crippen LogP) is 2.71. The van der Waals surface area contributed by atoms with E-state index in [9.17, 15) is 4.79 Å². The molecule has 1 N–H and O–H groups in total. The lowest BCUT2D eigenvalue weighted by molar-refractivity contribution is 1.08. The second-order valence-electron chi connectivity index (χ2n) is 3.67. The van der Waals surface area contributed by atoms with Gasteiger partial charge >= 0.3 is 0 Å². The standard InChI is InChI=1S/C12H11ClN2O/c1-7-3-4-9(5-10(7)13)11-8(2)12(16)15-6-14-11/h3-6H,1-2H3,(H,14,15,16). The van der Waals surface area contributed by atoms with Crippen molar-refractivity contribution in [1.82, 2.24) is 9.97 Å². The first-order chi connectivity index (χ1) is 7.59. The van der Waals surface area contributed by atoms with Crippen molar-refractivity contribution in [1.29, 1.82) is 0 Å². The molecule has 0 amide bonds. The van der Waals surface area contributed by atoms with E-state index in [1.165, 1.54) is 6.33 Å². The molecular weight excluding hydrogens is 224 g/mol. The molecule has 2 rings (SSSR count). The van der Waals surface area contributed by atoms with Crippen LogP contribution in [0.25, 0.3) is 11.3 Å². The minimum Gasteiger partial charge on any atom is -0.313 e. The van der Waals surface area contributed by atoms with Crippen LogP contribution in [-0.4, -0.2) is 9.97 Å². The van der Waals surface area contributed by atoms with Gasteiger partial charge in [-0.1, -0.05) is 23.7 Å². The third-order valence-electron chi connectivity index (χ3n) is 2.53. The first kappa shape index (κ1) is 10.9.